The Labute approximate surface area is 135 Å². The zero-order valence-corrected chi connectivity index (χ0v) is 13.7. The van der Waals surface area contributed by atoms with Gasteiger partial charge < -0.3 is 9.90 Å². The fraction of sp³-hybridized carbons (Fsp3) is 0.200. The Morgan fingerprint density at radius 2 is 1.79 bits per heavy atom. The van der Waals surface area contributed by atoms with E-state index in [0.717, 1.165) is 16.8 Å². The Morgan fingerprint density at radius 3 is 2.32 bits per heavy atom. The number of pyridine rings is 1. The van der Waals surface area contributed by atoms with Crippen molar-refractivity contribution >= 4 is 5.97 Å². The van der Waals surface area contributed by atoms with Crippen LogP contribution in [0.2, 0.25) is 0 Å². The van der Waals surface area contributed by atoms with Gasteiger partial charge in [-0.15, -0.1) is 0 Å². The van der Waals surface area contributed by atoms with E-state index in [9.17, 15) is 9.90 Å². The van der Waals surface area contributed by atoms with Gasteiger partial charge in [0.2, 0.25) is 0 Å². The number of rotatable bonds is 2. The number of hydrogen-bond acceptors (Lipinski definition) is 3. The van der Waals surface area contributed by atoms with E-state index in [-0.39, 0.29) is 35.1 Å². The van der Waals surface area contributed by atoms with E-state index >= 15 is 0 Å². The maximum absolute atomic E-state index is 10.8. The fourth-order valence-corrected chi connectivity index (χ4v) is 2.03. The Bertz CT molecular complexity index is 624. The number of carbonyl (C=O) groups is 1. The molecule has 92 valence electrons. The number of hydrogen-bond donors (Lipinski definition) is 0. The van der Waals surface area contributed by atoms with Crippen molar-refractivity contribution in [3.05, 3.63) is 52.7 Å². The summed E-state index contributed by atoms with van der Waals surface area (Å²) in [7, 11) is 0. The Hall–Kier alpha value is -1.16. The van der Waals surface area contributed by atoms with Gasteiger partial charge >= 0.3 is 29.6 Å². The first kappa shape index (κ1) is 15.9. The molecule has 0 saturated heterocycles. The molecule has 0 bridgehead atoms. The predicted octanol–water partition coefficient (Wildman–Crippen LogP) is -0.959. The summed E-state index contributed by atoms with van der Waals surface area (Å²) in [5.41, 5.74) is 4.75. The van der Waals surface area contributed by atoms with Crippen LogP contribution in [-0.4, -0.2) is 11.0 Å². The van der Waals surface area contributed by atoms with E-state index in [1.165, 1.54) is 5.56 Å². The average Bonchev–Trinajstić information content (AvgIpc) is 2.28. The van der Waals surface area contributed by atoms with Gasteiger partial charge in [-0.25, -0.2) is 0 Å². The second kappa shape index (κ2) is 6.33. The zero-order chi connectivity index (χ0) is 13.3. The zero-order valence-electron chi connectivity index (χ0n) is 11.7. The molecule has 0 unspecified atom stereocenters. The van der Waals surface area contributed by atoms with Gasteiger partial charge in [0.25, 0.3) is 0 Å². The molecule has 1 aromatic carbocycles. The molecular formula is C15H14NNaO2. The number of benzene rings is 1. The van der Waals surface area contributed by atoms with Crippen LogP contribution in [0.4, 0.5) is 0 Å². The van der Waals surface area contributed by atoms with Crippen molar-refractivity contribution in [3.63, 3.8) is 0 Å². The summed E-state index contributed by atoms with van der Waals surface area (Å²) in [6.45, 7) is 5.73. The van der Waals surface area contributed by atoms with E-state index in [4.69, 9.17) is 0 Å². The largest absolute Gasteiger partial charge is 1.00 e. The quantitative estimate of drug-likeness (QED) is 0.656. The summed E-state index contributed by atoms with van der Waals surface area (Å²) in [5.74, 6) is -1.19. The molecule has 0 saturated carbocycles. The topological polar surface area (TPSA) is 53.0 Å². The summed E-state index contributed by atoms with van der Waals surface area (Å²) in [5, 5.41) is 10.8. The van der Waals surface area contributed by atoms with Crippen molar-refractivity contribution in [2.75, 3.05) is 0 Å². The van der Waals surface area contributed by atoms with Crippen molar-refractivity contribution in [2.45, 2.75) is 20.8 Å². The maximum Gasteiger partial charge on any atom is 1.00 e. The monoisotopic (exact) mass is 263 g/mol. The normalized spacial score (nSPS) is 9.84. The average molecular weight is 263 g/mol. The van der Waals surface area contributed by atoms with E-state index in [0.29, 0.717) is 5.69 Å². The molecule has 1 heterocycles. The standard InChI is InChI=1S/C15H15NO2.Na/c1-9-4-5-12(10(2)8-9)14-7-6-13(15(17)18)11(3)16-14;/h4-8H,1-3H3,(H,17,18);/q;+1/p-1. The van der Waals surface area contributed by atoms with Crippen LogP contribution in [0.25, 0.3) is 11.3 Å². The van der Waals surface area contributed by atoms with Crippen molar-refractivity contribution in [3.8, 4) is 11.3 Å². The molecule has 0 aliphatic heterocycles. The van der Waals surface area contributed by atoms with Gasteiger partial charge in [0.1, 0.15) is 0 Å². The van der Waals surface area contributed by atoms with Crippen molar-refractivity contribution < 1.29 is 39.5 Å². The SMILES string of the molecule is Cc1ccc(-c2ccc(C(=O)[O-])c(C)n2)c(C)c1.[Na+]. The molecule has 2 aromatic rings. The molecule has 0 atom stereocenters. The van der Waals surface area contributed by atoms with Gasteiger partial charge in [0, 0.05) is 16.8 Å². The number of aryl methyl sites for hydroxylation is 3. The van der Waals surface area contributed by atoms with Crippen LogP contribution in [0, 0.1) is 20.8 Å². The number of carboxylic acid groups (broad SMARTS) is 1. The number of aromatic carboxylic acids is 1. The minimum atomic E-state index is -1.19. The first-order valence-corrected chi connectivity index (χ1v) is 5.75. The molecule has 19 heavy (non-hydrogen) atoms. The van der Waals surface area contributed by atoms with Crippen LogP contribution in [-0.2, 0) is 0 Å². The van der Waals surface area contributed by atoms with E-state index in [1.54, 1.807) is 19.1 Å². The van der Waals surface area contributed by atoms with Gasteiger partial charge in [-0.3, -0.25) is 4.98 Å². The van der Waals surface area contributed by atoms with Gasteiger partial charge in [-0.05, 0) is 38.5 Å². The molecule has 0 amide bonds. The third-order valence-corrected chi connectivity index (χ3v) is 2.96. The number of carbonyl (C=O) groups excluding carboxylic acids is 1. The third kappa shape index (κ3) is 3.44. The van der Waals surface area contributed by atoms with Gasteiger partial charge in [-0.1, -0.05) is 23.8 Å². The summed E-state index contributed by atoms with van der Waals surface area (Å²) >= 11 is 0. The first-order valence-electron chi connectivity index (χ1n) is 5.75. The van der Waals surface area contributed by atoms with Crippen molar-refractivity contribution in [1.29, 1.82) is 0 Å². The minimum absolute atomic E-state index is 0. The second-order valence-electron chi connectivity index (χ2n) is 4.44. The second-order valence-corrected chi connectivity index (χ2v) is 4.44. The predicted molar refractivity (Wildman–Crippen MR) is 68.2 cm³/mol. The van der Waals surface area contributed by atoms with E-state index in [2.05, 4.69) is 11.1 Å². The smallest absolute Gasteiger partial charge is 0.545 e. The molecule has 1 aromatic heterocycles. The van der Waals surface area contributed by atoms with E-state index < -0.39 is 5.97 Å². The minimum Gasteiger partial charge on any atom is -0.545 e. The summed E-state index contributed by atoms with van der Waals surface area (Å²) in [4.78, 5) is 15.2. The summed E-state index contributed by atoms with van der Waals surface area (Å²) in [6, 6.07) is 9.37. The van der Waals surface area contributed by atoms with Crippen LogP contribution in [0.1, 0.15) is 27.2 Å². The molecule has 3 nitrogen and oxygen atoms in total. The Morgan fingerprint density at radius 1 is 1.11 bits per heavy atom. The molecule has 0 radical (unpaired) electrons. The van der Waals surface area contributed by atoms with Crippen molar-refractivity contribution in [1.82, 2.24) is 4.98 Å². The van der Waals surface area contributed by atoms with Crippen LogP contribution in [0.3, 0.4) is 0 Å². The molecule has 0 aliphatic rings. The fourth-order valence-electron chi connectivity index (χ4n) is 2.03. The van der Waals surface area contributed by atoms with Crippen LogP contribution in [0.5, 0.6) is 0 Å². The van der Waals surface area contributed by atoms with Gasteiger partial charge in [-0.2, -0.15) is 0 Å². The van der Waals surface area contributed by atoms with Crippen LogP contribution >= 0.6 is 0 Å². The Kier molecular flexibility index (Phi) is 5.29. The molecular weight excluding hydrogens is 249 g/mol. The summed E-state index contributed by atoms with van der Waals surface area (Å²) < 4.78 is 0. The van der Waals surface area contributed by atoms with E-state index in [1.807, 2.05) is 26.0 Å². The van der Waals surface area contributed by atoms with Gasteiger partial charge in [0.05, 0.1) is 11.7 Å². The Balaban J connectivity index is 0.00000180. The third-order valence-electron chi connectivity index (χ3n) is 2.96. The number of nitrogens with zero attached hydrogens (tertiary/aromatic N) is 1. The number of carboxylic acids is 1. The van der Waals surface area contributed by atoms with Crippen LogP contribution in [0.15, 0.2) is 30.3 Å². The molecule has 0 N–H and O–H groups in total. The van der Waals surface area contributed by atoms with Crippen LogP contribution < -0.4 is 34.7 Å². The summed E-state index contributed by atoms with van der Waals surface area (Å²) in [6.07, 6.45) is 0. The maximum atomic E-state index is 10.8. The first-order chi connectivity index (χ1) is 8.49. The van der Waals surface area contributed by atoms with Crippen molar-refractivity contribution in [2.24, 2.45) is 0 Å². The number of aromatic nitrogens is 1. The molecule has 0 fully saturated rings. The molecule has 0 aliphatic carbocycles. The molecule has 2 rings (SSSR count). The van der Waals surface area contributed by atoms with Gasteiger partial charge in [0.15, 0.2) is 0 Å². The molecule has 4 heteroatoms. The molecule has 0 spiro atoms.